The molecule has 1 amide bonds. The average Bonchev–Trinajstić information content (AvgIpc) is 3.42. The molecule has 4 saturated heterocycles. The van der Waals surface area contributed by atoms with Crippen molar-refractivity contribution in [2.75, 3.05) is 14.2 Å². The molecule has 4 rings (SSSR count). The summed E-state index contributed by atoms with van der Waals surface area (Å²) in [6.45, 7) is 6.80. The maximum Gasteiger partial charge on any atom is 0.221 e. The Bertz CT molecular complexity index is 766. The molecular formula is C22H36N2O10. The fourth-order valence-corrected chi connectivity index (χ4v) is 5.21. The van der Waals surface area contributed by atoms with Gasteiger partial charge in [-0.15, -0.1) is 0 Å². The Kier molecular flexibility index (Phi) is 7.63. The smallest absolute Gasteiger partial charge is 0.221 e. The van der Waals surface area contributed by atoms with Crippen LogP contribution < -0.4 is 11.1 Å². The lowest BCUT2D eigenvalue weighted by molar-refractivity contribution is -0.220. The molecule has 12 nitrogen and oxygen atoms in total. The SMILES string of the molecule is CO[C@@H]1[C@H]2OC(C)O[C@H]2O[C@H]1C(N)CC(=O)NC(CC(C)=O)[C@@H]1O[C@@H]2OC(C)(C)O[C@@H]2[C@H]1OC. The second-order valence-electron chi connectivity index (χ2n) is 9.69. The van der Waals surface area contributed by atoms with Gasteiger partial charge in [0.05, 0.1) is 6.04 Å². The number of carbonyl (C=O) groups is 2. The summed E-state index contributed by atoms with van der Waals surface area (Å²) in [6.07, 6.45) is -4.80. The molecule has 12 heteroatoms. The summed E-state index contributed by atoms with van der Waals surface area (Å²) in [5, 5.41) is 2.89. The number of nitrogens with one attached hydrogen (secondary N) is 1. The fraction of sp³-hybridized carbons (Fsp3) is 0.909. The first kappa shape index (κ1) is 25.9. The minimum absolute atomic E-state index is 0.0542. The highest BCUT2D eigenvalue weighted by atomic mass is 16.8. The minimum atomic E-state index is -0.814. The van der Waals surface area contributed by atoms with E-state index in [0.717, 1.165) is 0 Å². The second kappa shape index (κ2) is 10.0. The lowest BCUT2D eigenvalue weighted by atomic mass is 9.97. The monoisotopic (exact) mass is 488 g/mol. The number of rotatable bonds is 9. The van der Waals surface area contributed by atoms with Crippen LogP contribution in [0.15, 0.2) is 0 Å². The van der Waals surface area contributed by atoms with Gasteiger partial charge < -0.3 is 48.9 Å². The molecule has 0 spiro atoms. The van der Waals surface area contributed by atoms with Crippen LogP contribution in [0.3, 0.4) is 0 Å². The molecule has 4 fully saturated rings. The van der Waals surface area contributed by atoms with E-state index in [0.29, 0.717) is 0 Å². The molecule has 194 valence electrons. The zero-order valence-corrected chi connectivity index (χ0v) is 20.4. The molecule has 34 heavy (non-hydrogen) atoms. The van der Waals surface area contributed by atoms with E-state index >= 15 is 0 Å². The van der Waals surface area contributed by atoms with Crippen molar-refractivity contribution in [3.05, 3.63) is 0 Å². The van der Waals surface area contributed by atoms with Crippen LogP contribution >= 0.6 is 0 Å². The fourth-order valence-electron chi connectivity index (χ4n) is 5.21. The summed E-state index contributed by atoms with van der Waals surface area (Å²) in [5.41, 5.74) is 6.33. The van der Waals surface area contributed by atoms with Crippen LogP contribution in [-0.4, -0.2) is 99.3 Å². The minimum Gasteiger partial charge on any atom is -0.376 e. The Balaban J connectivity index is 1.39. The molecule has 4 aliphatic heterocycles. The second-order valence-corrected chi connectivity index (χ2v) is 9.69. The normalized spacial score (nSPS) is 42.3. The van der Waals surface area contributed by atoms with E-state index < -0.39 is 73.4 Å². The largest absolute Gasteiger partial charge is 0.376 e. The Morgan fingerprint density at radius 1 is 0.941 bits per heavy atom. The number of ketones is 1. The van der Waals surface area contributed by atoms with Crippen LogP contribution in [0.4, 0.5) is 0 Å². The summed E-state index contributed by atoms with van der Waals surface area (Å²) in [7, 11) is 3.07. The summed E-state index contributed by atoms with van der Waals surface area (Å²) < 4.78 is 46.1. The summed E-state index contributed by atoms with van der Waals surface area (Å²) in [5.74, 6) is -1.28. The molecule has 4 aliphatic rings. The molecule has 0 aliphatic carbocycles. The summed E-state index contributed by atoms with van der Waals surface area (Å²) >= 11 is 0. The maximum atomic E-state index is 13.0. The first-order valence-electron chi connectivity index (χ1n) is 11.6. The van der Waals surface area contributed by atoms with Crippen molar-refractivity contribution in [2.45, 2.75) is 114 Å². The van der Waals surface area contributed by atoms with Crippen LogP contribution in [0, 0.1) is 0 Å². The zero-order valence-electron chi connectivity index (χ0n) is 20.4. The number of nitrogens with two attached hydrogens (primary N) is 1. The van der Waals surface area contributed by atoms with Crippen molar-refractivity contribution in [1.82, 2.24) is 5.32 Å². The molecule has 3 N–H and O–H groups in total. The van der Waals surface area contributed by atoms with Crippen LogP contribution in [0.1, 0.15) is 40.5 Å². The van der Waals surface area contributed by atoms with Gasteiger partial charge in [-0.3, -0.25) is 9.59 Å². The van der Waals surface area contributed by atoms with E-state index in [-0.39, 0.29) is 24.5 Å². The van der Waals surface area contributed by atoms with E-state index in [1.807, 2.05) is 0 Å². The Morgan fingerprint density at radius 2 is 1.59 bits per heavy atom. The van der Waals surface area contributed by atoms with Gasteiger partial charge in [-0.05, 0) is 27.7 Å². The van der Waals surface area contributed by atoms with Crippen molar-refractivity contribution in [3.8, 4) is 0 Å². The standard InChI is InChI=1S/C22H36N2O10/c1-9(25)7-12(15-17(28-6)19-21(32-15)34-22(3,4)33-19)24-13(26)8-11(23)14-16(27-5)18-20(31-14)30-10(2)29-18/h10-12,14-21H,7-8,23H2,1-6H3,(H,24,26)/t10?,11?,12?,14-,15-,16-,17-,18+,19+,20-,21+/m0/s1. The molecule has 0 bridgehead atoms. The third-order valence-electron chi connectivity index (χ3n) is 6.55. The quantitative estimate of drug-likeness (QED) is 0.435. The van der Waals surface area contributed by atoms with Crippen molar-refractivity contribution >= 4 is 11.7 Å². The molecule has 0 saturated carbocycles. The zero-order chi connectivity index (χ0) is 24.8. The highest BCUT2D eigenvalue weighted by Gasteiger charge is 2.57. The lowest BCUT2D eigenvalue weighted by Crippen LogP contribution is -2.53. The number of amides is 1. The number of hydrogen-bond acceptors (Lipinski definition) is 11. The van der Waals surface area contributed by atoms with Gasteiger partial charge in [0.2, 0.25) is 5.91 Å². The maximum absolute atomic E-state index is 13.0. The highest BCUT2D eigenvalue weighted by molar-refractivity contribution is 5.80. The van der Waals surface area contributed by atoms with E-state index in [9.17, 15) is 9.59 Å². The Labute approximate surface area is 199 Å². The number of ether oxygens (including phenoxy) is 8. The molecule has 0 aromatic rings. The van der Waals surface area contributed by atoms with Crippen LogP contribution in [0.25, 0.3) is 0 Å². The van der Waals surface area contributed by atoms with E-state index in [2.05, 4.69) is 5.32 Å². The first-order valence-corrected chi connectivity index (χ1v) is 11.6. The predicted octanol–water partition coefficient (Wildman–Crippen LogP) is -0.440. The topological polar surface area (TPSA) is 146 Å². The number of Topliss-reactive ketones (excluding diaryl/α,β-unsaturated/α-hetero) is 1. The van der Waals surface area contributed by atoms with Gasteiger partial charge in [-0.1, -0.05) is 0 Å². The van der Waals surface area contributed by atoms with Crippen molar-refractivity contribution < 1.29 is 47.5 Å². The Morgan fingerprint density at radius 3 is 2.24 bits per heavy atom. The predicted molar refractivity (Wildman–Crippen MR) is 114 cm³/mol. The molecule has 0 radical (unpaired) electrons. The van der Waals surface area contributed by atoms with Crippen molar-refractivity contribution in [3.63, 3.8) is 0 Å². The highest BCUT2D eigenvalue weighted by Crippen LogP contribution is 2.40. The van der Waals surface area contributed by atoms with Crippen molar-refractivity contribution in [2.24, 2.45) is 5.73 Å². The van der Waals surface area contributed by atoms with E-state index in [4.69, 9.17) is 43.6 Å². The van der Waals surface area contributed by atoms with Crippen LogP contribution in [0.2, 0.25) is 0 Å². The number of fused-ring (bicyclic) bond motifs is 2. The van der Waals surface area contributed by atoms with Crippen LogP contribution in [0.5, 0.6) is 0 Å². The molecule has 3 unspecified atom stereocenters. The summed E-state index contributed by atoms with van der Waals surface area (Å²) in [4.78, 5) is 25.0. The molecule has 11 atom stereocenters. The summed E-state index contributed by atoms with van der Waals surface area (Å²) in [6, 6.07) is -1.34. The molecule has 0 aromatic carbocycles. The molecule has 4 heterocycles. The number of hydrogen-bond donors (Lipinski definition) is 2. The van der Waals surface area contributed by atoms with Gasteiger partial charge in [-0.25, -0.2) is 0 Å². The van der Waals surface area contributed by atoms with Crippen molar-refractivity contribution in [1.29, 1.82) is 0 Å². The van der Waals surface area contributed by atoms with Gasteiger partial charge in [0.15, 0.2) is 24.7 Å². The van der Waals surface area contributed by atoms with E-state index in [1.165, 1.54) is 21.1 Å². The van der Waals surface area contributed by atoms with E-state index in [1.54, 1.807) is 20.8 Å². The first-order chi connectivity index (χ1) is 16.0. The van der Waals surface area contributed by atoms with Gasteiger partial charge >= 0.3 is 0 Å². The lowest BCUT2D eigenvalue weighted by Gasteiger charge is -2.31. The number of methoxy groups -OCH3 is 2. The average molecular weight is 489 g/mol. The third-order valence-corrected chi connectivity index (χ3v) is 6.55. The van der Waals surface area contributed by atoms with Gasteiger partial charge in [0.25, 0.3) is 0 Å². The molecule has 0 aromatic heterocycles. The Hall–Kier alpha value is -1.22. The van der Waals surface area contributed by atoms with Gasteiger partial charge in [0, 0.05) is 33.1 Å². The molecular weight excluding hydrogens is 452 g/mol. The number of carbonyl (C=O) groups excluding carboxylic acids is 2. The third kappa shape index (κ3) is 5.15. The van der Waals surface area contributed by atoms with Gasteiger partial charge in [-0.2, -0.15) is 0 Å². The van der Waals surface area contributed by atoms with Crippen LogP contribution in [-0.2, 0) is 47.5 Å². The van der Waals surface area contributed by atoms with Gasteiger partial charge in [0.1, 0.15) is 42.4 Å².